The number of halogens is 1. The molecule has 2 aromatic carbocycles. The van der Waals surface area contributed by atoms with Crippen molar-refractivity contribution in [2.24, 2.45) is 0 Å². The standard InChI is InChI=1S/C21H22FN3O2S/c1-4-10-25-20(13-27-17-7-5-6-15(2)11-17)23-24-21(25)28-14-16-8-9-19(26-3)18(22)12-16/h4-9,11-12H,1,10,13-14H2,2-3H3. The van der Waals surface area contributed by atoms with Crippen LogP contribution in [0.4, 0.5) is 4.39 Å². The summed E-state index contributed by atoms with van der Waals surface area (Å²) in [6, 6.07) is 12.8. The minimum atomic E-state index is -0.375. The highest BCUT2D eigenvalue weighted by Gasteiger charge is 2.13. The number of benzene rings is 2. The lowest BCUT2D eigenvalue weighted by atomic mass is 10.2. The molecule has 3 aromatic rings. The molecule has 0 aliphatic rings. The normalized spacial score (nSPS) is 10.7. The van der Waals surface area contributed by atoms with Crippen LogP contribution < -0.4 is 9.47 Å². The summed E-state index contributed by atoms with van der Waals surface area (Å²) in [6.07, 6.45) is 1.79. The van der Waals surface area contributed by atoms with Gasteiger partial charge in [-0.25, -0.2) is 4.39 Å². The van der Waals surface area contributed by atoms with Crippen LogP contribution in [0.3, 0.4) is 0 Å². The fourth-order valence-electron chi connectivity index (χ4n) is 2.65. The van der Waals surface area contributed by atoms with Gasteiger partial charge in [-0.15, -0.1) is 16.8 Å². The maximum absolute atomic E-state index is 13.9. The van der Waals surface area contributed by atoms with E-state index in [0.717, 1.165) is 22.0 Å². The van der Waals surface area contributed by atoms with Gasteiger partial charge in [0.2, 0.25) is 0 Å². The number of thioether (sulfide) groups is 1. The Morgan fingerprint density at radius 1 is 1.21 bits per heavy atom. The van der Waals surface area contributed by atoms with Crippen molar-refractivity contribution in [3.63, 3.8) is 0 Å². The number of hydrogen-bond donors (Lipinski definition) is 0. The van der Waals surface area contributed by atoms with E-state index in [1.165, 1.54) is 24.9 Å². The molecule has 0 aliphatic heterocycles. The first kappa shape index (κ1) is 19.9. The summed E-state index contributed by atoms with van der Waals surface area (Å²) >= 11 is 1.49. The van der Waals surface area contributed by atoms with Crippen molar-refractivity contribution in [3.05, 3.63) is 77.9 Å². The van der Waals surface area contributed by atoms with E-state index in [1.807, 2.05) is 41.8 Å². The van der Waals surface area contributed by atoms with E-state index in [9.17, 15) is 4.39 Å². The Kier molecular flexibility index (Phi) is 6.71. The number of allylic oxidation sites excluding steroid dienone is 1. The van der Waals surface area contributed by atoms with Crippen molar-refractivity contribution in [1.82, 2.24) is 14.8 Å². The lowest BCUT2D eigenvalue weighted by Crippen LogP contribution is -2.07. The van der Waals surface area contributed by atoms with Gasteiger partial charge >= 0.3 is 0 Å². The number of ether oxygens (including phenoxy) is 2. The Morgan fingerprint density at radius 2 is 2.07 bits per heavy atom. The molecule has 1 aromatic heterocycles. The van der Waals surface area contributed by atoms with Crippen molar-refractivity contribution < 1.29 is 13.9 Å². The third-order valence-corrected chi connectivity index (χ3v) is 5.08. The molecule has 5 nitrogen and oxygen atoms in total. The topological polar surface area (TPSA) is 49.2 Å². The van der Waals surface area contributed by atoms with Gasteiger partial charge < -0.3 is 9.47 Å². The average Bonchev–Trinajstić information content (AvgIpc) is 3.07. The molecular formula is C21H22FN3O2S. The van der Waals surface area contributed by atoms with Crippen LogP contribution in [0.5, 0.6) is 11.5 Å². The van der Waals surface area contributed by atoms with E-state index < -0.39 is 0 Å². The second-order valence-corrected chi connectivity index (χ2v) is 7.10. The quantitative estimate of drug-likeness (QED) is 0.382. The first-order valence-electron chi connectivity index (χ1n) is 8.78. The van der Waals surface area contributed by atoms with Gasteiger partial charge in [-0.2, -0.15) is 0 Å². The Hall–Kier alpha value is -2.80. The van der Waals surface area contributed by atoms with Gasteiger partial charge in [0.1, 0.15) is 12.4 Å². The summed E-state index contributed by atoms with van der Waals surface area (Å²) in [5.41, 5.74) is 1.97. The van der Waals surface area contributed by atoms with Crippen molar-refractivity contribution >= 4 is 11.8 Å². The molecule has 28 heavy (non-hydrogen) atoms. The lowest BCUT2D eigenvalue weighted by molar-refractivity contribution is 0.289. The van der Waals surface area contributed by atoms with Crippen molar-refractivity contribution in [2.45, 2.75) is 31.0 Å². The first-order chi connectivity index (χ1) is 13.6. The zero-order chi connectivity index (χ0) is 19.9. The summed E-state index contributed by atoms with van der Waals surface area (Å²) in [7, 11) is 1.45. The van der Waals surface area contributed by atoms with Crippen LogP contribution in [0.25, 0.3) is 0 Å². The van der Waals surface area contributed by atoms with E-state index in [2.05, 4.69) is 16.8 Å². The number of aromatic nitrogens is 3. The first-order valence-corrected chi connectivity index (χ1v) is 9.77. The van der Waals surface area contributed by atoms with Gasteiger partial charge in [0.05, 0.1) is 7.11 Å². The fraction of sp³-hybridized carbons (Fsp3) is 0.238. The Labute approximate surface area is 168 Å². The fourth-order valence-corrected chi connectivity index (χ4v) is 3.56. The summed E-state index contributed by atoms with van der Waals surface area (Å²) in [4.78, 5) is 0. The molecule has 0 fully saturated rings. The van der Waals surface area contributed by atoms with E-state index in [-0.39, 0.29) is 11.6 Å². The maximum Gasteiger partial charge on any atom is 0.191 e. The molecule has 146 valence electrons. The number of aryl methyl sites for hydroxylation is 1. The number of rotatable bonds is 9. The highest BCUT2D eigenvalue weighted by Crippen LogP contribution is 2.25. The van der Waals surface area contributed by atoms with E-state index in [1.54, 1.807) is 12.1 Å². The molecule has 0 saturated carbocycles. The van der Waals surface area contributed by atoms with E-state index >= 15 is 0 Å². The lowest BCUT2D eigenvalue weighted by Gasteiger charge is -2.10. The predicted octanol–water partition coefficient (Wildman–Crippen LogP) is 4.79. The smallest absolute Gasteiger partial charge is 0.191 e. The van der Waals surface area contributed by atoms with Crippen molar-refractivity contribution in [2.75, 3.05) is 7.11 Å². The van der Waals surface area contributed by atoms with Gasteiger partial charge in [0, 0.05) is 12.3 Å². The van der Waals surface area contributed by atoms with Crippen LogP contribution in [-0.2, 0) is 18.9 Å². The molecule has 0 bridgehead atoms. The zero-order valence-corrected chi connectivity index (χ0v) is 16.7. The Morgan fingerprint density at radius 3 is 2.79 bits per heavy atom. The van der Waals surface area contributed by atoms with E-state index in [0.29, 0.717) is 24.7 Å². The molecule has 0 amide bonds. The molecule has 1 heterocycles. The monoisotopic (exact) mass is 399 g/mol. The third kappa shape index (κ3) is 4.92. The van der Waals surface area contributed by atoms with Crippen LogP contribution in [0.2, 0.25) is 0 Å². The van der Waals surface area contributed by atoms with Crippen LogP contribution in [0, 0.1) is 12.7 Å². The molecule has 0 radical (unpaired) electrons. The second kappa shape index (κ2) is 9.41. The average molecular weight is 399 g/mol. The molecule has 0 N–H and O–H groups in total. The second-order valence-electron chi connectivity index (χ2n) is 6.16. The zero-order valence-electron chi connectivity index (χ0n) is 15.9. The maximum atomic E-state index is 13.9. The molecule has 0 spiro atoms. The number of hydrogen-bond acceptors (Lipinski definition) is 5. The molecule has 0 saturated heterocycles. The number of nitrogens with zero attached hydrogens (tertiary/aromatic N) is 3. The van der Waals surface area contributed by atoms with Gasteiger partial charge in [0.15, 0.2) is 22.5 Å². The minimum Gasteiger partial charge on any atom is -0.494 e. The molecule has 0 atom stereocenters. The van der Waals surface area contributed by atoms with Gasteiger partial charge in [-0.1, -0.05) is 36.0 Å². The molecule has 0 aliphatic carbocycles. The molecular weight excluding hydrogens is 377 g/mol. The highest BCUT2D eigenvalue weighted by atomic mass is 32.2. The summed E-state index contributed by atoms with van der Waals surface area (Å²) in [5, 5.41) is 9.26. The minimum absolute atomic E-state index is 0.235. The van der Waals surface area contributed by atoms with Crippen LogP contribution in [0.1, 0.15) is 17.0 Å². The SMILES string of the molecule is C=CCn1c(COc2cccc(C)c2)nnc1SCc1ccc(OC)c(F)c1. The summed E-state index contributed by atoms with van der Waals surface area (Å²) in [6.45, 7) is 6.70. The summed E-state index contributed by atoms with van der Waals surface area (Å²) in [5.74, 6) is 1.93. The number of methoxy groups -OCH3 is 1. The van der Waals surface area contributed by atoms with Gasteiger partial charge in [-0.3, -0.25) is 4.57 Å². The molecule has 3 rings (SSSR count). The molecule has 0 unspecified atom stereocenters. The van der Waals surface area contributed by atoms with Crippen LogP contribution in [-0.4, -0.2) is 21.9 Å². The van der Waals surface area contributed by atoms with Crippen molar-refractivity contribution in [1.29, 1.82) is 0 Å². The predicted molar refractivity (Wildman–Crippen MR) is 108 cm³/mol. The van der Waals surface area contributed by atoms with Gasteiger partial charge in [-0.05, 0) is 42.3 Å². The Balaban J connectivity index is 1.69. The highest BCUT2D eigenvalue weighted by molar-refractivity contribution is 7.98. The van der Waals surface area contributed by atoms with Crippen LogP contribution >= 0.6 is 11.8 Å². The van der Waals surface area contributed by atoms with Crippen molar-refractivity contribution in [3.8, 4) is 11.5 Å². The van der Waals surface area contributed by atoms with Crippen LogP contribution in [0.15, 0.2) is 60.3 Å². The van der Waals surface area contributed by atoms with Gasteiger partial charge in [0.25, 0.3) is 0 Å². The third-order valence-electron chi connectivity index (χ3n) is 4.05. The molecule has 7 heteroatoms. The van der Waals surface area contributed by atoms with E-state index in [4.69, 9.17) is 9.47 Å². The largest absolute Gasteiger partial charge is 0.494 e. The Bertz CT molecular complexity index is 959. The summed E-state index contributed by atoms with van der Waals surface area (Å²) < 4.78 is 26.6.